The Hall–Kier alpha value is -1.86. The summed E-state index contributed by atoms with van der Waals surface area (Å²) in [4.78, 5) is 14.2. The number of piperazine rings is 1. The highest BCUT2D eigenvalue weighted by Crippen LogP contribution is 2.24. The summed E-state index contributed by atoms with van der Waals surface area (Å²) in [6.07, 6.45) is 0. The second kappa shape index (κ2) is 5.64. The first-order chi connectivity index (χ1) is 9.75. The molecule has 104 valence electrons. The van der Waals surface area contributed by atoms with Gasteiger partial charge in [-0.05, 0) is 29.2 Å². The molecule has 1 amide bonds. The van der Waals surface area contributed by atoms with Crippen molar-refractivity contribution < 1.29 is 9.18 Å². The maximum Gasteiger partial charge on any atom is 0.275 e. The van der Waals surface area contributed by atoms with E-state index >= 15 is 0 Å². The van der Waals surface area contributed by atoms with Crippen LogP contribution in [0, 0.1) is 5.82 Å². The molecule has 2 aromatic rings. The van der Waals surface area contributed by atoms with Crippen LogP contribution >= 0.6 is 11.5 Å². The molecule has 2 heterocycles. The quantitative estimate of drug-likeness (QED) is 0.910. The molecule has 0 spiro atoms. The van der Waals surface area contributed by atoms with E-state index in [1.807, 2.05) is 6.07 Å². The van der Waals surface area contributed by atoms with Gasteiger partial charge in [0.25, 0.3) is 5.91 Å². The van der Waals surface area contributed by atoms with Crippen molar-refractivity contribution in [3.63, 3.8) is 0 Å². The number of nitrogens with one attached hydrogen (secondary N) is 1. The van der Waals surface area contributed by atoms with Crippen molar-refractivity contribution in [3.8, 4) is 0 Å². The van der Waals surface area contributed by atoms with Crippen LogP contribution in [0.15, 0.2) is 29.6 Å². The summed E-state index contributed by atoms with van der Waals surface area (Å²) in [7, 11) is 0. The van der Waals surface area contributed by atoms with Crippen molar-refractivity contribution in [3.05, 3.63) is 46.7 Å². The Morgan fingerprint density at radius 2 is 2.40 bits per heavy atom. The summed E-state index contributed by atoms with van der Waals surface area (Å²) in [6.45, 7) is 1.89. The lowest BCUT2D eigenvalue weighted by Gasteiger charge is -2.36. The highest BCUT2D eigenvalue weighted by molar-refractivity contribution is 7.03. The van der Waals surface area contributed by atoms with Crippen molar-refractivity contribution in [2.75, 3.05) is 19.6 Å². The highest BCUT2D eigenvalue weighted by Gasteiger charge is 2.29. The zero-order valence-electron chi connectivity index (χ0n) is 10.6. The van der Waals surface area contributed by atoms with Crippen LogP contribution in [0.1, 0.15) is 22.1 Å². The first-order valence-electron chi connectivity index (χ1n) is 6.30. The SMILES string of the molecule is O=C(c1csnn1)N1CCNCC1c1cccc(F)c1. The number of hydrogen-bond donors (Lipinski definition) is 1. The van der Waals surface area contributed by atoms with Crippen LogP contribution in [0.4, 0.5) is 4.39 Å². The molecular formula is C13H13FN4OS. The molecule has 20 heavy (non-hydrogen) atoms. The van der Waals surface area contributed by atoms with Crippen LogP contribution in [-0.2, 0) is 0 Å². The molecule has 0 aliphatic carbocycles. The lowest BCUT2D eigenvalue weighted by Crippen LogP contribution is -2.48. The van der Waals surface area contributed by atoms with Crippen molar-refractivity contribution in [1.29, 1.82) is 0 Å². The predicted octanol–water partition coefficient (Wildman–Crippen LogP) is 1.46. The summed E-state index contributed by atoms with van der Waals surface area (Å²) in [5, 5.41) is 8.68. The molecule has 1 aromatic heterocycles. The number of halogens is 1. The van der Waals surface area contributed by atoms with E-state index < -0.39 is 0 Å². The molecule has 3 rings (SSSR count). The van der Waals surface area contributed by atoms with Crippen molar-refractivity contribution >= 4 is 17.4 Å². The van der Waals surface area contributed by atoms with Crippen molar-refractivity contribution in [2.24, 2.45) is 0 Å². The zero-order valence-corrected chi connectivity index (χ0v) is 11.4. The lowest BCUT2D eigenvalue weighted by atomic mass is 10.0. The fourth-order valence-corrected chi connectivity index (χ4v) is 2.79. The van der Waals surface area contributed by atoms with Crippen LogP contribution in [0.5, 0.6) is 0 Å². The Morgan fingerprint density at radius 1 is 1.50 bits per heavy atom. The third-order valence-corrected chi connectivity index (χ3v) is 3.82. The molecule has 1 saturated heterocycles. The summed E-state index contributed by atoms with van der Waals surface area (Å²) in [5.41, 5.74) is 1.13. The smallest absolute Gasteiger partial charge is 0.275 e. The Labute approximate surface area is 119 Å². The van der Waals surface area contributed by atoms with Gasteiger partial charge in [-0.2, -0.15) is 0 Å². The molecule has 1 atom stereocenters. The molecule has 1 N–H and O–H groups in total. The highest BCUT2D eigenvalue weighted by atomic mass is 32.1. The number of carbonyl (C=O) groups excluding carboxylic acids is 1. The van der Waals surface area contributed by atoms with Gasteiger partial charge in [0, 0.05) is 25.0 Å². The van der Waals surface area contributed by atoms with Gasteiger partial charge in [0.15, 0.2) is 5.69 Å². The predicted molar refractivity (Wildman–Crippen MR) is 73.0 cm³/mol. The van der Waals surface area contributed by atoms with E-state index in [0.717, 1.165) is 23.6 Å². The van der Waals surface area contributed by atoms with Gasteiger partial charge in [-0.3, -0.25) is 4.79 Å². The standard InChI is InChI=1S/C13H13FN4OS/c14-10-3-1-2-9(6-10)12-7-15-4-5-18(12)13(19)11-8-20-17-16-11/h1-3,6,8,12,15H,4-5,7H2. The number of benzene rings is 1. The van der Waals surface area contributed by atoms with Crippen LogP contribution in [0.25, 0.3) is 0 Å². The van der Waals surface area contributed by atoms with Crippen molar-refractivity contribution in [2.45, 2.75) is 6.04 Å². The van der Waals surface area contributed by atoms with E-state index in [-0.39, 0.29) is 17.8 Å². The minimum atomic E-state index is -0.296. The van der Waals surface area contributed by atoms with Gasteiger partial charge in [0.2, 0.25) is 0 Å². The number of carbonyl (C=O) groups is 1. The summed E-state index contributed by atoms with van der Waals surface area (Å²) in [6, 6.07) is 6.17. The zero-order chi connectivity index (χ0) is 13.9. The van der Waals surface area contributed by atoms with E-state index in [1.54, 1.807) is 16.3 Å². The first kappa shape index (κ1) is 13.1. The normalized spacial score (nSPS) is 19.1. The van der Waals surface area contributed by atoms with Gasteiger partial charge < -0.3 is 10.2 Å². The summed E-state index contributed by atoms with van der Waals surface area (Å²) >= 11 is 1.15. The van der Waals surface area contributed by atoms with Gasteiger partial charge in [0.1, 0.15) is 5.82 Å². The van der Waals surface area contributed by atoms with E-state index in [9.17, 15) is 9.18 Å². The third-order valence-electron chi connectivity index (χ3n) is 3.32. The Kier molecular flexibility index (Phi) is 3.70. The van der Waals surface area contributed by atoms with Crippen LogP contribution < -0.4 is 5.32 Å². The number of nitrogens with zero attached hydrogens (tertiary/aromatic N) is 3. The average Bonchev–Trinajstić information content (AvgIpc) is 3.01. The van der Waals surface area contributed by atoms with Crippen LogP contribution in [0.2, 0.25) is 0 Å². The Bertz CT molecular complexity index is 604. The molecule has 1 aliphatic rings. The summed E-state index contributed by atoms with van der Waals surface area (Å²) < 4.78 is 17.1. The summed E-state index contributed by atoms with van der Waals surface area (Å²) in [5.74, 6) is -0.453. The van der Waals surface area contributed by atoms with Gasteiger partial charge >= 0.3 is 0 Å². The molecular weight excluding hydrogens is 279 g/mol. The number of hydrogen-bond acceptors (Lipinski definition) is 5. The molecule has 0 radical (unpaired) electrons. The molecule has 1 aliphatic heterocycles. The van der Waals surface area contributed by atoms with Crippen molar-refractivity contribution in [1.82, 2.24) is 19.8 Å². The van der Waals surface area contributed by atoms with E-state index in [0.29, 0.717) is 18.8 Å². The third kappa shape index (κ3) is 2.54. The molecule has 0 bridgehead atoms. The molecule has 5 nitrogen and oxygen atoms in total. The van der Waals surface area contributed by atoms with Crippen LogP contribution in [-0.4, -0.2) is 40.0 Å². The van der Waals surface area contributed by atoms with Gasteiger partial charge in [-0.1, -0.05) is 16.6 Å². The van der Waals surface area contributed by atoms with Gasteiger partial charge in [-0.15, -0.1) is 5.10 Å². The lowest BCUT2D eigenvalue weighted by molar-refractivity contribution is 0.0628. The molecule has 1 aromatic carbocycles. The largest absolute Gasteiger partial charge is 0.328 e. The topological polar surface area (TPSA) is 58.1 Å². The Morgan fingerprint density at radius 3 is 3.15 bits per heavy atom. The number of rotatable bonds is 2. The van der Waals surface area contributed by atoms with Gasteiger partial charge in [-0.25, -0.2) is 4.39 Å². The fraction of sp³-hybridized carbons (Fsp3) is 0.308. The minimum absolute atomic E-state index is 0.158. The molecule has 7 heteroatoms. The fourth-order valence-electron chi connectivity index (χ4n) is 2.36. The second-order valence-electron chi connectivity index (χ2n) is 4.56. The van der Waals surface area contributed by atoms with Crippen LogP contribution in [0.3, 0.4) is 0 Å². The maximum absolute atomic E-state index is 13.4. The van der Waals surface area contributed by atoms with Gasteiger partial charge in [0.05, 0.1) is 6.04 Å². The number of amides is 1. The monoisotopic (exact) mass is 292 g/mol. The Balaban J connectivity index is 1.89. The second-order valence-corrected chi connectivity index (χ2v) is 5.17. The minimum Gasteiger partial charge on any atom is -0.328 e. The van der Waals surface area contributed by atoms with E-state index in [4.69, 9.17) is 0 Å². The molecule has 0 saturated carbocycles. The number of aromatic nitrogens is 2. The maximum atomic E-state index is 13.4. The molecule has 1 fully saturated rings. The molecule has 1 unspecified atom stereocenters. The van der Waals surface area contributed by atoms with E-state index in [1.165, 1.54) is 12.1 Å². The first-order valence-corrected chi connectivity index (χ1v) is 7.13. The average molecular weight is 292 g/mol. The van der Waals surface area contributed by atoms with E-state index in [2.05, 4.69) is 14.9 Å².